The van der Waals surface area contributed by atoms with Crippen molar-refractivity contribution in [3.05, 3.63) is 40.4 Å². The van der Waals surface area contributed by atoms with Crippen LogP contribution in [0.2, 0.25) is 0 Å². The van der Waals surface area contributed by atoms with Crippen molar-refractivity contribution in [2.45, 2.75) is 63.4 Å². The van der Waals surface area contributed by atoms with E-state index < -0.39 is 27.0 Å². The first-order valence-corrected chi connectivity index (χ1v) is 16.7. The second kappa shape index (κ2) is 11.9. The van der Waals surface area contributed by atoms with Crippen LogP contribution in [0.5, 0.6) is 0 Å². The molecule has 2 fully saturated rings. The number of fused-ring (bicyclic) bond motifs is 2. The van der Waals surface area contributed by atoms with E-state index in [0.717, 1.165) is 35.8 Å². The summed E-state index contributed by atoms with van der Waals surface area (Å²) in [5.41, 5.74) is 0.549. The lowest BCUT2D eigenvalue weighted by Gasteiger charge is -2.58. The van der Waals surface area contributed by atoms with Crippen LogP contribution in [0.15, 0.2) is 29.2 Å². The van der Waals surface area contributed by atoms with Crippen molar-refractivity contribution in [1.29, 1.82) is 0 Å². The average molecular weight is 607 g/mol. The molecular formula is C29H42N4O6S2. The molecule has 0 radical (unpaired) electrons. The Kier molecular flexibility index (Phi) is 8.81. The molecule has 1 saturated heterocycles. The van der Waals surface area contributed by atoms with Gasteiger partial charge in [0, 0.05) is 48.8 Å². The number of sulfonamides is 1. The molecule has 0 unspecified atom stereocenters. The van der Waals surface area contributed by atoms with Crippen LogP contribution in [0.25, 0.3) is 0 Å². The predicted molar refractivity (Wildman–Crippen MR) is 157 cm³/mol. The molecule has 3 aliphatic rings. The molecule has 10 nitrogen and oxygen atoms in total. The van der Waals surface area contributed by atoms with Crippen molar-refractivity contribution in [1.82, 2.24) is 15.2 Å². The van der Waals surface area contributed by atoms with Crippen molar-refractivity contribution in [3.63, 3.8) is 0 Å². The Morgan fingerprint density at radius 2 is 1.93 bits per heavy atom. The second-order valence-electron chi connectivity index (χ2n) is 12.3. The van der Waals surface area contributed by atoms with Gasteiger partial charge in [-0.2, -0.15) is 0 Å². The maximum atomic E-state index is 13.3. The lowest BCUT2D eigenvalue weighted by atomic mass is 9.47. The number of thiazole rings is 1. The normalized spacial score (nSPS) is 30.3. The number of aliphatic hydroxyl groups excluding tert-OH is 2. The molecule has 1 amide bonds. The van der Waals surface area contributed by atoms with Crippen LogP contribution < -0.4 is 10.0 Å². The van der Waals surface area contributed by atoms with Crippen LogP contribution in [0.1, 0.15) is 55.2 Å². The molecule has 1 aliphatic heterocycles. The number of carbonyl (C=O) groups excluding carboxylic acids is 1. The molecule has 0 bridgehead atoms. The van der Waals surface area contributed by atoms with E-state index in [1.807, 2.05) is 13.8 Å². The van der Waals surface area contributed by atoms with E-state index in [0.29, 0.717) is 39.0 Å². The van der Waals surface area contributed by atoms with Crippen LogP contribution in [0.3, 0.4) is 0 Å². The van der Waals surface area contributed by atoms with Gasteiger partial charge in [0.25, 0.3) is 10.0 Å². The zero-order chi connectivity index (χ0) is 29.4. The van der Waals surface area contributed by atoms with Gasteiger partial charge in [-0.25, -0.2) is 13.4 Å². The number of nitrogens with one attached hydrogen (secondary N) is 2. The number of morpholine rings is 1. The van der Waals surface area contributed by atoms with Crippen LogP contribution in [-0.4, -0.2) is 86.5 Å². The Labute approximate surface area is 246 Å². The van der Waals surface area contributed by atoms with Crippen LogP contribution in [0.4, 0.5) is 5.13 Å². The van der Waals surface area contributed by atoms with Crippen molar-refractivity contribution in [2.75, 3.05) is 50.7 Å². The number of rotatable bonds is 9. The number of hydrogen-bond acceptors (Lipinski definition) is 9. The van der Waals surface area contributed by atoms with Gasteiger partial charge in [0.05, 0.1) is 36.5 Å². The van der Waals surface area contributed by atoms with Gasteiger partial charge in [0.15, 0.2) is 5.13 Å². The number of aryl methyl sites for hydroxylation is 1. The first-order chi connectivity index (χ1) is 19.5. The number of nitrogens with zero attached hydrogens (tertiary/aromatic N) is 2. The largest absolute Gasteiger partial charge is 0.396 e. The highest BCUT2D eigenvalue weighted by Crippen LogP contribution is 2.62. The summed E-state index contributed by atoms with van der Waals surface area (Å²) in [6.07, 6.45) is 1.29. The monoisotopic (exact) mass is 606 g/mol. The Balaban J connectivity index is 1.41. The topological polar surface area (TPSA) is 141 Å². The quantitative estimate of drug-likeness (QED) is 0.341. The Morgan fingerprint density at radius 1 is 1.22 bits per heavy atom. The fourth-order valence-corrected chi connectivity index (χ4v) is 9.32. The molecule has 4 N–H and O–H groups in total. The molecule has 41 heavy (non-hydrogen) atoms. The van der Waals surface area contributed by atoms with Gasteiger partial charge in [0.2, 0.25) is 5.91 Å². The number of ether oxygens (including phenoxy) is 1. The highest BCUT2D eigenvalue weighted by Gasteiger charge is 2.59. The summed E-state index contributed by atoms with van der Waals surface area (Å²) in [5, 5.41) is 24.8. The summed E-state index contributed by atoms with van der Waals surface area (Å²) in [4.78, 5) is 21.5. The molecule has 2 aliphatic carbocycles. The summed E-state index contributed by atoms with van der Waals surface area (Å²) in [6.45, 7) is 10.2. The van der Waals surface area contributed by atoms with Gasteiger partial charge < -0.3 is 20.3 Å². The zero-order valence-corrected chi connectivity index (χ0v) is 25.7. The highest BCUT2D eigenvalue weighted by atomic mass is 32.2. The van der Waals surface area contributed by atoms with Gasteiger partial charge in [-0.1, -0.05) is 31.5 Å². The maximum absolute atomic E-state index is 13.3. The third kappa shape index (κ3) is 6.05. The predicted octanol–water partition coefficient (Wildman–Crippen LogP) is 2.51. The van der Waals surface area contributed by atoms with Crippen LogP contribution >= 0.6 is 11.3 Å². The van der Waals surface area contributed by atoms with Crippen LogP contribution in [0, 0.1) is 23.7 Å². The third-order valence-electron chi connectivity index (χ3n) is 9.69. The number of aromatic nitrogens is 1. The molecule has 2 heterocycles. The average Bonchev–Trinajstić information content (AvgIpc) is 3.34. The van der Waals surface area contributed by atoms with E-state index in [-0.39, 0.29) is 40.8 Å². The molecular weight excluding hydrogens is 564 g/mol. The number of anilines is 1. The molecule has 1 aromatic heterocycles. The first-order valence-electron chi connectivity index (χ1n) is 14.4. The zero-order valence-electron chi connectivity index (χ0n) is 24.1. The smallest absolute Gasteiger partial charge is 0.263 e. The third-order valence-corrected chi connectivity index (χ3v) is 12.2. The van der Waals surface area contributed by atoms with Crippen molar-refractivity contribution >= 4 is 32.4 Å². The van der Waals surface area contributed by atoms with Gasteiger partial charge in [-0.05, 0) is 49.7 Å². The molecule has 0 spiro atoms. The van der Waals surface area contributed by atoms with Crippen molar-refractivity contribution in [2.24, 2.45) is 16.7 Å². The summed E-state index contributed by atoms with van der Waals surface area (Å²) in [7, 11) is -3.85. The Bertz CT molecular complexity index is 1340. The van der Waals surface area contributed by atoms with E-state index in [2.05, 4.69) is 21.9 Å². The van der Waals surface area contributed by atoms with Crippen LogP contribution in [-0.2, 0) is 26.0 Å². The summed E-state index contributed by atoms with van der Waals surface area (Å²) in [6, 6.07) is 6.64. The number of hydrogen-bond donors (Lipinski definition) is 4. The molecule has 1 aromatic carbocycles. The number of benzene rings is 1. The minimum atomic E-state index is -3.85. The molecule has 2 aromatic rings. The molecule has 12 heteroatoms. The summed E-state index contributed by atoms with van der Waals surface area (Å²) < 4.78 is 34.4. The maximum Gasteiger partial charge on any atom is 0.263 e. The lowest BCUT2D eigenvalue weighted by Crippen LogP contribution is -2.57. The number of carbonyl (C=O) groups is 1. The molecule has 5 rings (SSSR count). The van der Waals surface area contributed by atoms with E-state index >= 15 is 0 Å². The Hall–Kier alpha value is -2.09. The van der Waals surface area contributed by atoms with Gasteiger partial charge in [-0.3, -0.25) is 14.4 Å². The second-order valence-corrected chi connectivity index (χ2v) is 15.1. The summed E-state index contributed by atoms with van der Waals surface area (Å²) in [5.74, 6) is -0.473. The number of aliphatic hydroxyl groups is 2. The van der Waals surface area contributed by atoms with Gasteiger partial charge in [0.1, 0.15) is 0 Å². The van der Waals surface area contributed by atoms with Crippen molar-refractivity contribution in [3.8, 4) is 0 Å². The minimum absolute atomic E-state index is 0.0808. The minimum Gasteiger partial charge on any atom is -0.396 e. The SMILES string of the molecule is Cc1ccc(S(=O)(=O)Nc2nc3c(s2)C[C@@H]2[C@](C)(CO)[C@H](O)CC[C@@]2(C)[C@@H]3CC(=O)NCCN2CCOCC2)cc1. The summed E-state index contributed by atoms with van der Waals surface area (Å²) >= 11 is 1.28. The highest BCUT2D eigenvalue weighted by molar-refractivity contribution is 7.93. The van der Waals surface area contributed by atoms with E-state index in [4.69, 9.17) is 9.72 Å². The van der Waals surface area contributed by atoms with Gasteiger partial charge >= 0.3 is 0 Å². The van der Waals surface area contributed by atoms with E-state index in [1.54, 1.807) is 24.3 Å². The van der Waals surface area contributed by atoms with Crippen molar-refractivity contribution < 1.29 is 28.2 Å². The Morgan fingerprint density at radius 3 is 2.61 bits per heavy atom. The fraction of sp³-hybridized carbons (Fsp3) is 0.655. The lowest BCUT2D eigenvalue weighted by molar-refractivity contribution is -0.144. The van der Waals surface area contributed by atoms with E-state index in [1.165, 1.54) is 11.3 Å². The standard InChI is InChI=1S/C29H42N4O6S2/c1-19-4-6-20(7-5-19)41(37,38)32-27-31-26-21(16-25(36)30-10-11-33-12-14-39-15-13-33)28(2)9-8-24(35)29(3,18-34)23(28)17-22(26)40-27/h4-7,21,23-24,34-35H,8-18H2,1-3H3,(H,30,36)(H,31,32)/t21-,23+,24-,28+,29+/m1/s1. The molecule has 226 valence electrons. The molecule has 5 atom stereocenters. The molecule has 1 saturated carbocycles. The van der Waals surface area contributed by atoms with Gasteiger partial charge in [-0.15, -0.1) is 11.3 Å². The van der Waals surface area contributed by atoms with E-state index in [9.17, 15) is 23.4 Å². The first kappa shape index (κ1) is 30.4. The number of amides is 1. The fourth-order valence-electron chi connectivity index (χ4n) is 7.02.